The normalized spacial score (nSPS) is 27.7. The summed E-state index contributed by atoms with van der Waals surface area (Å²) in [6.45, 7) is 5.11. The lowest BCUT2D eigenvalue weighted by Crippen LogP contribution is -2.27. The Morgan fingerprint density at radius 2 is 1.00 bits per heavy atom. The van der Waals surface area contributed by atoms with Gasteiger partial charge in [-0.15, -0.1) is 0 Å². The minimum atomic E-state index is -0.288. The zero-order valence-corrected chi connectivity index (χ0v) is 10.3. The standard InChI is InChI=1S/C11H23NO5/c12-11-1-2-13-3-4-14-5-6-15-7-8-16-9-10-17-11/h11H,1-10,12H2. The quantitative estimate of drug-likeness (QED) is 0.638. The number of nitrogens with two attached hydrogens (primary N) is 1. The zero-order valence-electron chi connectivity index (χ0n) is 10.3. The van der Waals surface area contributed by atoms with Crippen molar-refractivity contribution in [3.8, 4) is 0 Å². The van der Waals surface area contributed by atoms with Gasteiger partial charge in [0.05, 0.1) is 59.5 Å². The van der Waals surface area contributed by atoms with Crippen LogP contribution in [0.1, 0.15) is 6.42 Å². The fourth-order valence-electron chi connectivity index (χ4n) is 1.30. The first-order chi connectivity index (χ1) is 8.39. The molecule has 17 heavy (non-hydrogen) atoms. The largest absolute Gasteiger partial charge is 0.379 e. The highest BCUT2D eigenvalue weighted by Crippen LogP contribution is 1.93. The molecule has 2 N–H and O–H groups in total. The lowest BCUT2D eigenvalue weighted by atomic mass is 10.4. The lowest BCUT2D eigenvalue weighted by molar-refractivity contribution is -0.0389. The van der Waals surface area contributed by atoms with E-state index in [4.69, 9.17) is 29.4 Å². The number of ether oxygens (including phenoxy) is 5. The van der Waals surface area contributed by atoms with Crippen LogP contribution in [0.4, 0.5) is 0 Å². The van der Waals surface area contributed by atoms with Gasteiger partial charge in [-0.1, -0.05) is 0 Å². The van der Waals surface area contributed by atoms with Crippen LogP contribution >= 0.6 is 0 Å². The van der Waals surface area contributed by atoms with Gasteiger partial charge in [0, 0.05) is 6.42 Å². The van der Waals surface area contributed by atoms with Crippen molar-refractivity contribution in [1.82, 2.24) is 0 Å². The van der Waals surface area contributed by atoms with Crippen LogP contribution in [0.25, 0.3) is 0 Å². The fourth-order valence-corrected chi connectivity index (χ4v) is 1.30. The van der Waals surface area contributed by atoms with E-state index >= 15 is 0 Å². The van der Waals surface area contributed by atoms with Gasteiger partial charge in [0.15, 0.2) is 0 Å². The molecule has 1 aliphatic heterocycles. The predicted octanol–water partition coefficient (Wildman–Crippen LogP) is -0.242. The van der Waals surface area contributed by atoms with Crippen LogP contribution in [-0.2, 0) is 23.7 Å². The van der Waals surface area contributed by atoms with Crippen molar-refractivity contribution in [3.63, 3.8) is 0 Å². The minimum absolute atomic E-state index is 0.288. The molecule has 6 heteroatoms. The van der Waals surface area contributed by atoms with Crippen molar-refractivity contribution >= 4 is 0 Å². The van der Waals surface area contributed by atoms with Crippen LogP contribution in [0.2, 0.25) is 0 Å². The maximum absolute atomic E-state index is 5.73. The Morgan fingerprint density at radius 1 is 0.588 bits per heavy atom. The lowest BCUT2D eigenvalue weighted by Gasteiger charge is -2.14. The van der Waals surface area contributed by atoms with Crippen LogP contribution in [0.5, 0.6) is 0 Å². The Labute approximate surface area is 102 Å². The molecule has 0 spiro atoms. The first kappa shape index (κ1) is 14.8. The Bertz CT molecular complexity index is 154. The zero-order chi connectivity index (χ0) is 12.2. The molecule has 1 saturated heterocycles. The van der Waals surface area contributed by atoms with Crippen LogP contribution < -0.4 is 5.73 Å². The summed E-state index contributed by atoms with van der Waals surface area (Å²) in [5.74, 6) is 0. The molecule has 1 atom stereocenters. The molecule has 1 heterocycles. The van der Waals surface area contributed by atoms with E-state index in [0.717, 1.165) is 0 Å². The molecule has 0 saturated carbocycles. The Hall–Kier alpha value is -0.240. The Kier molecular flexibility index (Phi) is 9.49. The molecule has 102 valence electrons. The van der Waals surface area contributed by atoms with E-state index in [9.17, 15) is 0 Å². The van der Waals surface area contributed by atoms with Gasteiger partial charge in [-0.2, -0.15) is 0 Å². The van der Waals surface area contributed by atoms with E-state index in [1.165, 1.54) is 0 Å². The van der Waals surface area contributed by atoms with Crippen LogP contribution in [0.15, 0.2) is 0 Å². The Balaban J connectivity index is 2.09. The van der Waals surface area contributed by atoms with E-state index < -0.39 is 0 Å². The molecule has 0 aromatic rings. The highest BCUT2D eigenvalue weighted by molar-refractivity contribution is 4.48. The maximum Gasteiger partial charge on any atom is 0.107 e. The molecule has 0 aromatic heterocycles. The van der Waals surface area contributed by atoms with Gasteiger partial charge in [0.2, 0.25) is 0 Å². The molecule has 0 bridgehead atoms. The number of hydrogen-bond donors (Lipinski definition) is 1. The van der Waals surface area contributed by atoms with E-state index in [1.54, 1.807) is 0 Å². The average Bonchev–Trinajstić information content (AvgIpc) is 2.32. The van der Waals surface area contributed by atoms with Crippen LogP contribution in [0.3, 0.4) is 0 Å². The van der Waals surface area contributed by atoms with Crippen LogP contribution in [-0.4, -0.2) is 65.7 Å². The molecule has 0 radical (unpaired) electrons. The molecule has 1 aliphatic rings. The summed E-state index contributed by atoms with van der Waals surface area (Å²) in [5, 5.41) is 0. The summed E-state index contributed by atoms with van der Waals surface area (Å²) in [4.78, 5) is 0. The first-order valence-corrected chi connectivity index (χ1v) is 6.08. The molecule has 0 amide bonds. The summed E-state index contributed by atoms with van der Waals surface area (Å²) in [6, 6.07) is 0. The van der Waals surface area contributed by atoms with Crippen molar-refractivity contribution in [2.45, 2.75) is 12.6 Å². The summed E-state index contributed by atoms with van der Waals surface area (Å²) in [7, 11) is 0. The van der Waals surface area contributed by atoms with Crippen molar-refractivity contribution in [2.24, 2.45) is 5.73 Å². The van der Waals surface area contributed by atoms with Gasteiger partial charge in [-0.25, -0.2) is 0 Å². The van der Waals surface area contributed by atoms with E-state index in [1.807, 2.05) is 0 Å². The molecule has 0 aromatic carbocycles. The molecule has 6 nitrogen and oxygen atoms in total. The second-order valence-electron chi connectivity index (χ2n) is 3.65. The molecule has 0 aliphatic carbocycles. The van der Waals surface area contributed by atoms with Gasteiger partial charge in [0.1, 0.15) is 6.23 Å². The molecule has 1 unspecified atom stereocenters. The maximum atomic E-state index is 5.73. The van der Waals surface area contributed by atoms with Gasteiger partial charge in [-0.3, -0.25) is 0 Å². The molecule has 1 fully saturated rings. The second kappa shape index (κ2) is 10.9. The third kappa shape index (κ3) is 9.46. The topological polar surface area (TPSA) is 72.2 Å². The molecular weight excluding hydrogens is 226 g/mol. The second-order valence-corrected chi connectivity index (χ2v) is 3.65. The highest BCUT2D eigenvalue weighted by atomic mass is 16.6. The predicted molar refractivity (Wildman–Crippen MR) is 61.8 cm³/mol. The number of hydrogen-bond acceptors (Lipinski definition) is 6. The summed E-state index contributed by atoms with van der Waals surface area (Å²) in [6.07, 6.45) is 0.395. The summed E-state index contributed by atoms with van der Waals surface area (Å²) < 4.78 is 26.6. The summed E-state index contributed by atoms with van der Waals surface area (Å²) >= 11 is 0. The third-order valence-electron chi connectivity index (χ3n) is 2.22. The van der Waals surface area contributed by atoms with Crippen molar-refractivity contribution in [3.05, 3.63) is 0 Å². The minimum Gasteiger partial charge on any atom is -0.379 e. The van der Waals surface area contributed by atoms with Crippen molar-refractivity contribution in [2.75, 3.05) is 59.5 Å². The fraction of sp³-hybridized carbons (Fsp3) is 1.00. The monoisotopic (exact) mass is 249 g/mol. The molecular formula is C11H23NO5. The molecule has 1 rings (SSSR count). The first-order valence-electron chi connectivity index (χ1n) is 6.08. The SMILES string of the molecule is NC1CCOCCOCCOCCOCCO1. The third-order valence-corrected chi connectivity index (χ3v) is 2.22. The van der Waals surface area contributed by atoms with Crippen molar-refractivity contribution < 1.29 is 23.7 Å². The van der Waals surface area contributed by atoms with Gasteiger partial charge < -0.3 is 29.4 Å². The highest BCUT2D eigenvalue weighted by Gasteiger charge is 2.02. The number of rotatable bonds is 0. The smallest absolute Gasteiger partial charge is 0.107 e. The van der Waals surface area contributed by atoms with E-state index in [0.29, 0.717) is 65.9 Å². The van der Waals surface area contributed by atoms with Gasteiger partial charge in [0.25, 0.3) is 0 Å². The van der Waals surface area contributed by atoms with Gasteiger partial charge >= 0.3 is 0 Å². The average molecular weight is 249 g/mol. The van der Waals surface area contributed by atoms with E-state index in [2.05, 4.69) is 0 Å². The van der Waals surface area contributed by atoms with Crippen LogP contribution in [0, 0.1) is 0 Å². The Morgan fingerprint density at radius 3 is 1.53 bits per heavy atom. The van der Waals surface area contributed by atoms with Gasteiger partial charge in [-0.05, 0) is 0 Å². The van der Waals surface area contributed by atoms with Crippen molar-refractivity contribution in [1.29, 1.82) is 0 Å². The summed E-state index contributed by atoms with van der Waals surface area (Å²) in [5.41, 5.74) is 5.73. The van der Waals surface area contributed by atoms with E-state index in [-0.39, 0.29) is 6.23 Å².